The largest absolute Gasteiger partial charge is 0.372 e. The zero-order valence-corrected chi connectivity index (χ0v) is 14.0. The van der Waals surface area contributed by atoms with Crippen LogP contribution in [0.25, 0.3) is 0 Å². The Kier molecular flexibility index (Phi) is 2.85. The van der Waals surface area contributed by atoms with Gasteiger partial charge in [-0.15, -0.1) is 0 Å². The van der Waals surface area contributed by atoms with E-state index in [9.17, 15) is 9.59 Å². The first-order valence-corrected chi connectivity index (χ1v) is 9.44. The maximum atomic E-state index is 12.5. The molecule has 1 heterocycles. The van der Waals surface area contributed by atoms with Gasteiger partial charge in [-0.05, 0) is 62.4 Å². The van der Waals surface area contributed by atoms with Gasteiger partial charge in [-0.1, -0.05) is 12.5 Å². The average Bonchev–Trinajstić information content (AvgIpc) is 3.34. The van der Waals surface area contributed by atoms with Crippen LogP contribution in [0.4, 0.5) is 0 Å². The monoisotopic (exact) mass is 314 g/mol. The second-order valence-corrected chi connectivity index (χ2v) is 8.83. The standard InChI is InChI=1S/C20H26O3/c1-19-8-7-16-14(15(19)4-5-17(19)22)3-2-12-10-13(21)6-9-20(12,16)18-11-23-18/h10,14-16,18H,2-9,11H2,1H3/t14-,15-,16-,18-,19-,20?/m0/s1. The molecule has 0 aromatic rings. The highest BCUT2D eigenvalue weighted by Crippen LogP contribution is 2.66. The number of epoxide rings is 1. The number of hydrogen-bond acceptors (Lipinski definition) is 3. The molecule has 23 heavy (non-hydrogen) atoms. The number of fused-ring (bicyclic) bond motifs is 5. The van der Waals surface area contributed by atoms with E-state index >= 15 is 0 Å². The Labute approximate surface area is 137 Å². The van der Waals surface area contributed by atoms with Crippen molar-refractivity contribution in [3.63, 3.8) is 0 Å². The summed E-state index contributed by atoms with van der Waals surface area (Å²) >= 11 is 0. The van der Waals surface area contributed by atoms with Crippen molar-refractivity contribution in [1.82, 2.24) is 0 Å². The van der Waals surface area contributed by atoms with Crippen molar-refractivity contribution >= 4 is 11.6 Å². The summed E-state index contributed by atoms with van der Waals surface area (Å²) < 4.78 is 5.83. The summed E-state index contributed by atoms with van der Waals surface area (Å²) in [6, 6.07) is 0. The van der Waals surface area contributed by atoms with Gasteiger partial charge in [-0.3, -0.25) is 9.59 Å². The van der Waals surface area contributed by atoms with Crippen LogP contribution in [-0.4, -0.2) is 24.3 Å². The van der Waals surface area contributed by atoms with Gasteiger partial charge >= 0.3 is 0 Å². The summed E-state index contributed by atoms with van der Waals surface area (Å²) in [5.74, 6) is 2.69. The summed E-state index contributed by atoms with van der Waals surface area (Å²) in [7, 11) is 0. The summed E-state index contributed by atoms with van der Waals surface area (Å²) in [6.07, 6.45) is 10.3. The number of Topliss-reactive ketones (excluding diaryl/α,β-unsaturated/α-hetero) is 1. The Morgan fingerprint density at radius 3 is 2.65 bits per heavy atom. The van der Waals surface area contributed by atoms with Crippen LogP contribution in [-0.2, 0) is 14.3 Å². The van der Waals surface area contributed by atoms with E-state index in [0.29, 0.717) is 41.8 Å². The number of hydrogen-bond donors (Lipinski definition) is 0. The smallest absolute Gasteiger partial charge is 0.155 e. The van der Waals surface area contributed by atoms with Gasteiger partial charge in [0, 0.05) is 23.7 Å². The van der Waals surface area contributed by atoms with Gasteiger partial charge in [0.05, 0.1) is 12.7 Å². The molecule has 5 rings (SSSR count). The summed E-state index contributed by atoms with van der Waals surface area (Å²) in [6.45, 7) is 3.11. The Hall–Kier alpha value is -0.960. The van der Waals surface area contributed by atoms with Gasteiger partial charge in [0.1, 0.15) is 5.78 Å². The Balaban J connectivity index is 1.57. The van der Waals surface area contributed by atoms with Gasteiger partial charge in [-0.25, -0.2) is 0 Å². The van der Waals surface area contributed by atoms with E-state index in [1.54, 1.807) is 0 Å². The number of ketones is 2. The maximum Gasteiger partial charge on any atom is 0.155 e. The molecule has 3 nitrogen and oxygen atoms in total. The third kappa shape index (κ3) is 1.75. The zero-order chi connectivity index (χ0) is 15.8. The lowest BCUT2D eigenvalue weighted by atomic mass is 9.46. The molecule has 0 bridgehead atoms. The average molecular weight is 314 g/mol. The third-order valence-electron chi connectivity index (χ3n) is 8.18. The van der Waals surface area contributed by atoms with E-state index in [0.717, 1.165) is 45.1 Å². The van der Waals surface area contributed by atoms with Gasteiger partial charge in [0.25, 0.3) is 0 Å². The lowest BCUT2D eigenvalue weighted by Crippen LogP contribution is -2.53. The minimum Gasteiger partial charge on any atom is -0.372 e. The highest BCUT2D eigenvalue weighted by molar-refractivity contribution is 5.92. The van der Waals surface area contributed by atoms with Crippen molar-refractivity contribution in [1.29, 1.82) is 0 Å². The number of ether oxygens (including phenoxy) is 1. The molecule has 124 valence electrons. The molecule has 0 amide bonds. The van der Waals surface area contributed by atoms with Crippen LogP contribution in [0.2, 0.25) is 0 Å². The zero-order valence-electron chi connectivity index (χ0n) is 14.0. The normalized spacial score (nSPS) is 51.6. The van der Waals surface area contributed by atoms with Crippen LogP contribution in [0.15, 0.2) is 11.6 Å². The van der Waals surface area contributed by atoms with E-state index < -0.39 is 0 Å². The predicted molar refractivity (Wildman–Crippen MR) is 85.8 cm³/mol. The van der Waals surface area contributed by atoms with Crippen LogP contribution >= 0.6 is 0 Å². The topological polar surface area (TPSA) is 46.7 Å². The molecular weight excluding hydrogens is 288 g/mol. The van der Waals surface area contributed by atoms with Crippen LogP contribution in [0.1, 0.15) is 58.3 Å². The predicted octanol–water partition coefficient (Wildman–Crippen LogP) is 3.47. The Bertz CT molecular complexity index is 616. The van der Waals surface area contributed by atoms with Crippen molar-refractivity contribution in [3.05, 3.63) is 11.6 Å². The van der Waals surface area contributed by atoms with Crippen molar-refractivity contribution < 1.29 is 14.3 Å². The van der Waals surface area contributed by atoms with E-state index in [-0.39, 0.29) is 10.8 Å². The fourth-order valence-electron chi connectivity index (χ4n) is 6.99. The summed E-state index contributed by atoms with van der Waals surface area (Å²) in [5, 5.41) is 0. The second kappa shape index (κ2) is 4.56. The molecule has 3 saturated carbocycles. The molecule has 1 saturated heterocycles. The van der Waals surface area contributed by atoms with Crippen LogP contribution in [0, 0.1) is 28.6 Å². The molecule has 5 aliphatic rings. The third-order valence-corrected chi connectivity index (χ3v) is 8.18. The van der Waals surface area contributed by atoms with Crippen molar-refractivity contribution in [2.45, 2.75) is 64.4 Å². The fourth-order valence-corrected chi connectivity index (χ4v) is 6.99. The molecule has 1 aliphatic heterocycles. The molecule has 1 unspecified atom stereocenters. The minimum absolute atomic E-state index is 0.0571. The number of carbonyl (C=O) groups is 2. The Morgan fingerprint density at radius 1 is 1.04 bits per heavy atom. The first-order chi connectivity index (χ1) is 11.1. The van der Waals surface area contributed by atoms with Crippen molar-refractivity contribution in [2.75, 3.05) is 6.61 Å². The van der Waals surface area contributed by atoms with Gasteiger partial charge in [-0.2, -0.15) is 0 Å². The van der Waals surface area contributed by atoms with E-state index in [1.807, 2.05) is 6.08 Å². The van der Waals surface area contributed by atoms with Gasteiger partial charge in [0.15, 0.2) is 5.78 Å². The first-order valence-electron chi connectivity index (χ1n) is 9.44. The molecule has 6 atom stereocenters. The van der Waals surface area contributed by atoms with Crippen LogP contribution in [0.3, 0.4) is 0 Å². The minimum atomic E-state index is -0.0571. The van der Waals surface area contributed by atoms with Crippen LogP contribution < -0.4 is 0 Å². The molecule has 0 aromatic heterocycles. The van der Waals surface area contributed by atoms with Gasteiger partial charge in [0.2, 0.25) is 0 Å². The van der Waals surface area contributed by atoms with Crippen LogP contribution in [0.5, 0.6) is 0 Å². The van der Waals surface area contributed by atoms with E-state index in [4.69, 9.17) is 4.74 Å². The van der Waals surface area contributed by atoms with Gasteiger partial charge < -0.3 is 4.74 Å². The highest BCUT2D eigenvalue weighted by Gasteiger charge is 2.64. The Morgan fingerprint density at radius 2 is 1.87 bits per heavy atom. The molecule has 0 spiro atoms. The maximum absolute atomic E-state index is 12.5. The molecule has 0 aromatic carbocycles. The van der Waals surface area contributed by atoms with Crippen molar-refractivity contribution in [3.8, 4) is 0 Å². The summed E-state index contributed by atoms with van der Waals surface area (Å²) in [4.78, 5) is 24.5. The SMILES string of the molecule is C[C@]12CC[C@H]3[C@@H](CCC4=CC(=O)CCC43[C@@H]3CO3)[C@@H]1CCC2=O. The molecule has 4 fully saturated rings. The lowest BCUT2D eigenvalue weighted by molar-refractivity contribution is -0.133. The fraction of sp³-hybridized carbons (Fsp3) is 0.800. The molecular formula is C20H26O3. The molecule has 3 heteroatoms. The highest BCUT2D eigenvalue weighted by atomic mass is 16.6. The second-order valence-electron chi connectivity index (χ2n) is 8.83. The van der Waals surface area contributed by atoms with Crippen molar-refractivity contribution in [2.24, 2.45) is 28.6 Å². The van der Waals surface area contributed by atoms with E-state index in [2.05, 4.69) is 6.92 Å². The van der Waals surface area contributed by atoms with E-state index in [1.165, 1.54) is 12.0 Å². The quantitative estimate of drug-likeness (QED) is 0.696. The molecule has 0 N–H and O–H groups in total. The molecule has 0 radical (unpaired) electrons. The first kappa shape index (κ1) is 14.4. The number of carbonyl (C=O) groups excluding carboxylic acids is 2. The number of rotatable bonds is 1. The summed E-state index contributed by atoms with van der Waals surface area (Å²) in [5.41, 5.74) is 1.47. The lowest BCUT2D eigenvalue weighted by Gasteiger charge is -2.57. The molecule has 4 aliphatic carbocycles.